The minimum absolute atomic E-state index is 0.235. The number of hydrogen-bond acceptors (Lipinski definition) is 5. The van der Waals surface area contributed by atoms with Crippen LogP contribution in [-0.2, 0) is 38.8 Å². The van der Waals surface area contributed by atoms with Crippen LogP contribution in [0.5, 0.6) is 0 Å². The fraction of sp³-hybridized carbons (Fsp3) is 0.308. The summed E-state index contributed by atoms with van der Waals surface area (Å²) in [6.45, 7) is 1.41. The van der Waals surface area contributed by atoms with Gasteiger partial charge in [0.2, 0.25) is 0 Å². The Morgan fingerprint density at radius 1 is 0.613 bits per heavy atom. The molecule has 1 aliphatic rings. The van der Waals surface area contributed by atoms with E-state index in [0.717, 1.165) is 16.7 Å². The molecule has 1 N–H and O–H groups in total. The molecule has 5 nitrogen and oxygen atoms in total. The van der Waals surface area contributed by atoms with E-state index in [9.17, 15) is 5.11 Å². The Kier molecular flexibility index (Phi) is 7.82. The zero-order chi connectivity index (χ0) is 21.3. The van der Waals surface area contributed by atoms with Crippen molar-refractivity contribution in [2.75, 3.05) is 6.61 Å². The van der Waals surface area contributed by atoms with Gasteiger partial charge in [0.25, 0.3) is 0 Å². The van der Waals surface area contributed by atoms with Crippen molar-refractivity contribution < 1.29 is 24.1 Å². The van der Waals surface area contributed by atoms with Gasteiger partial charge in [-0.3, -0.25) is 0 Å². The van der Waals surface area contributed by atoms with Crippen LogP contribution in [0.1, 0.15) is 16.7 Å². The summed E-state index contributed by atoms with van der Waals surface area (Å²) < 4.78 is 24.1. The lowest BCUT2D eigenvalue weighted by Gasteiger charge is -2.40. The molecule has 0 aliphatic carbocycles. The third-order valence-electron chi connectivity index (χ3n) is 5.28. The van der Waals surface area contributed by atoms with Gasteiger partial charge < -0.3 is 24.1 Å². The highest BCUT2D eigenvalue weighted by Crippen LogP contribution is 2.25. The van der Waals surface area contributed by atoms with Crippen molar-refractivity contribution in [2.45, 2.75) is 44.4 Å². The molecule has 3 unspecified atom stereocenters. The van der Waals surface area contributed by atoms with Crippen LogP contribution in [-0.4, -0.2) is 36.3 Å². The first-order valence-corrected chi connectivity index (χ1v) is 10.6. The first kappa shape index (κ1) is 21.7. The van der Waals surface area contributed by atoms with Crippen molar-refractivity contribution in [3.8, 4) is 0 Å². The van der Waals surface area contributed by atoms with Gasteiger partial charge in [-0.25, -0.2) is 0 Å². The average Bonchev–Trinajstić information content (AvgIpc) is 2.83. The molecular weight excluding hydrogens is 392 g/mol. The lowest BCUT2D eigenvalue weighted by Crippen LogP contribution is -2.56. The summed E-state index contributed by atoms with van der Waals surface area (Å²) in [5.41, 5.74) is 3.13. The fourth-order valence-electron chi connectivity index (χ4n) is 3.59. The highest BCUT2D eigenvalue weighted by Gasteiger charge is 2.42. The minimum Gasteiger partial charge on any atom is -0.368 e. The van der Waals surface area contributed by atoms with Gasteiger partial charge in [0.05, 0.1) is 26.4 Å². The summed E-state index contributed by atoms with van der Waals surface area (Å²) in [6.07, 6.45) is -2.59. The van der Waals surface area contributed by atoms with Crippen LogP contribution in [0.3, 0.4) is 0 Å². The zero-order valence-corrected chi connectivity index (χ0v) is 17.4. The summed E-state index contributed by atoms with van der Waals surface area (Å²) >= 11 is 0. The van der Waals surface area contributed by atoms with Gasteiger partial charge in [0, 0.05) is 0 Å². The van der Waals surface area contributed by atoms with Gasteiger partial charge >= 0.3 is 0 Å². The maximum absolute atomic E-state index is 10.5. The lowest BCUT2D eigenvalue weighted by atomic mass is 10.0. The number of rotatable bonds is 9. The highest BCUT2D eigenvalue weighted by molar-refractivity contribution is 5.15. The van der Waals surface area contributed by atoms with Crippen LogP contribution in [0.2, 0.25) is 0 Å². The van der Waals surface area contributed by atoms with Crippen LogP contribution in [0.15, 0.2) is 91.0 Å². The zero-order valence-electron chi connectivity index (χ0n) is 17.4. The predicted molar refractivity (Wildman–Crippen MR) is 117 cm³/mol. The summed E-state index contributed by atoms with van der Waals surface area (Å²) in [5, 5.41) is 10.5. The van der Waals surface area contributed by atoms with E-state index in [-0.39, 0.29) is 12.7 Å². The Balaban J connectivity index is 1.46. The van der Waals surface area contributed by atoms with E-state index in [1.54, 1.807) is 0 Å². The SMILES string of the molecule is O[C@@H]1OCC(OCc2ccccc2)C(OCc2ccccc2)C1OCc1ccccc1. The van der Waals surface area contributed by atoms with E-state index in [0.29, 0.717) is 19.8 Å². The maximum Gasteiger partial charge on any atom is 0.183 e. The van der Waals surface area contributed by atoms with Crippen LogP contribution < -0.4 is 0 Å². The number of benzene rings is 3. The molecule has 0 amide bonds. The average molecular weight is 421 g/mol. The standard InChI is InChI=1S/C26H28O5/c27-26-25(30-18-22-14-8-3-9-15-22)24(29-17-21-12-6-2-7-13-21)23(19-31-26)28-16-20-10-4-1-5-11-20/h1-15,23-27H,16-19H2/t23?,24?,25?,26-/m1/s1. The molecule has 0 saturated carbocycles. The van der Waals surface area contributed by atoms with Crippen LogP contribution in [0, 0.1) is 0 Å². The van der Waals surface area contributed by atoms with Crippen molar-refractivity contribution in [1.29, 1.82) is 0 Å². The first-order chi connectivity index (χ1) is 15.3. The normalized spacial score (nSPS) is 23.5. The molecule has 1 heterocycles. The fourth-order valence-corrected chi connectivity index (χ4v) is 3.59. The number of hydrogen-bond donors (Lipinski definition) is 1. The van der Waals surface area contributed by atoms with E-state index < -0.39 is 18.5 Å². The van der Waals surface area contributed by atoms with Gasteiger partial charge in [0.1, 0.15) is 18.3 Å². The van der Waals surface area contributed by atoms with Crippen molar-refractivity contribution in [1.82, 2.24) is 0 Å². The molecule has 1 saturated heterocycles. The molecule has 0 spiro atoms. The molecule has 4 atom stereocenters. The monoisotopic (exact) mass is 420 g/mol. The third-order valence-corrected chi connectivity index (χ3v) is 5.28. The highest BCUT2D eigenvalue weighted by atomic mass is 16.7. The Hall–Kier alpha value is -2.54. The van der Waals surface area contributed by atoms with E-state index >= 15 is 0 Å². The van der Waals surface area contributed by atoms with Crippen LogP contribution in [0.25, 0.3) is 0 Å². The van der Waals surface area contributed by atoms with Crippen LogP contribution >= 0.6 is 0 Å². The molecule has 0 bridgehead atoms. The Labute approximate surface area is 183 Å². The summed E-state index contributed by atoms with van der Waals surface area (Å²) in [4.78, 5) is 0. The molecule has 1 aliphatic heterocycles. The van der Waals surface area contributed by atoms with Crippen molar-refractivity contribution >= 4 is 0 Å². The smallest absolute Gasteiger partial charge is 0.183 e. The second kappa shape index (κ2) is 11.2. The Bertz CT molecular complexity index is 887. The second-order valence-electron chi connectivity index (χ2n) is 7.58. The van der Waals surface area contributed by atoms with Gasteiger partial charge in [-0.2, -0.15) is 0 Å². The molecule has 3 aromatic rings. The Morgan fingerprint density at radius 2 is 1.03 bits per heavy atom. The molecule has 0 radical (unpaired) electrons. The van der Waals surface area contributed by atoms with Crippen LogP contribution in [0.4, 0.5) is 0 Å². The predicted octanol–water partition coefficient (Wildman–Crippen LogP) is 4.09. The quantitative estimate of drug-likeness (QED) is 0.565. The van der Waals surface area contributed by atoms with E-state index in [1.807, 2.05) is 91.0 Å². The molecule has 5 heteroatoms. The van der Waals surface area contributed by atoms with E-state index in [4.69, 9.17) is 18.9 Å². The molecule has 162 valence electrons. The van der Waals surface area contributed by atoms with Crippen molar-refractivity contribution in [3.05, 3.63) is 108 Å². The summed E-state index contributed by atoms with van der Waals surface area (Å²) in [5.74, 6) is 0. The van der Waals surface area contributed by atoms with Crippen molar-refractivity contribution in [3.63, 3.8) is 0 Å². The molecule has 1 fully saturated rings. The third kappa shape index (κ3) is 6.23. The molecular formula is C26H28O5. The van der Waals surface area contributed by atoms with Crippen molar-refractivity contribution in [2.24, 2.45) is 0 Å². The molecule has 4 rings (SSSR count). The molecule has 0 aromatic heterocycles. The van der Waals surface area contributed by atoms with Gasteiger partial charge in [-0.1, -0.05) is 91.0 Å². The minimum atomic E-state index is -1.08. The van der Waals surface area contributed by atoms with Gasteiger partial charge in [0.15, 0.2) is 6.29 Å². The Morgan fingerprint density at radius 3 is 1.52 bits per heavy atom. The topological polar surface area (TPSA) is 57.2 Å². The molecule has 3 aromatic carbocycles. The van der Waals surface area contributed by atoms with Gasteiger partial charge in [-0.05, 0) is 16.7 Å². The number of aliphatic hydroxyl groups is 1. The first-order valence-electron chi connectivity index (χ1n) is 10.6. The van der Waals surface area contributed by atoms with Gasteiger partial charge in [-0.15, -0.1) is 0 Å². The largest absolute Gasteiger partial charge is 0.368 e. The summed E-state index contributed by atoms with van der Waals surface area (Å²) in [6, 6.07) is 29.8. The van der Waals surface area contributed by atoms with E-state index in [2.05, 4.69) is 0 Å². The molecule has 31 heavy (non-hydrogen) atoms. The number of ether oxygens (including phenoxy) is 4. The lowest BCUT2D eigenvalue weighted by molar-refractivity contribution is -0.286. The second-order valence-corrected chi connectivity index (χ2v) is 7.58. The summed E-state index contributed by atoms with van der Waals surface area (Å²) in [7, 11) is 0. The number of aliphatic hydroxyl groups excluding tert-OH is 1. The maximum atomic E-state index is 10.5. The van der Waals surface area contributed by atoms with E-state index in [1.165, 1.54) is 0 Å².